The van der Waals surface area contributed by atoms with Crippen LogP contribution in [-0.2, 0) is 4.74 Å². The van der Waals surface area contributed by atoms with E-state index in [9.17, 15) is 14.7 Å². The molecule has 1 aromatic rings. The molecule has 1 saturated heterocycles. The molecule has 8 atom stereocenters. The van der Waals surface area contributed by atoms with Gasteiger partial charge in [0.1, 0.15) is 6.10 Å². The molecule has 7 nitrogen and oxygen atoms in total. The van der Waals surface area contributed by atoms with Crippen LogP contribution in [0.5, 0.6) is 0 Å². The second-order valence-corrected chi connectivity index (χ2v) is 12.7. The summed E-state index contributed by atoms with van der Waals surface area (Å²) >= 11 is 0. The van der Waals surface area contributed by atoms with Crippen molar-refractivity contribution in [3.8, 4) is 0 Å². The molecule has 5 aliphatic rings. The molecule has 6 rings (SSSR count). The summed E-state index contributed by atoms with van der Waals surface area (Å²) in [7, 11) is 0. The average Bonchev–Trinajstić information content (AvgIpc) is 3.41. The highest BCUT2D eigenvalue weighted by molar-refractivity contribution is 5.68. The van der Waals surface area contributed by atoms with E-state index >= 15 is 0 Å². The van der Waals surface area contributed by atoms with Crippen molar-refractivity contribution in [2.24, 2.45) is 28.4 Å². The second kappa shape index (κ2) is 8.45. The number of aliphatic hydroxyl groups is 1. The number of hydrogen-bond acceptors (Lipinski definition) is 6. The highest BCUT2D eigenvalue weighted by atomic mass is 16.6. The molecule has 0 bridgehead atoms. The third-order valence-corrected chi connectivity index (χ3v) is 11.1. The topological polar surface area (TPSA) is 106 Å². The second-order valence-electron chi connectivity index (χ2n) is 12.7. The van der Waals surface area contributed by atoms with Gasteiger partial charge in [-0.15, -0.1) is 0 Å². The van der Waals surface area contributed by atoms with Crippen LogP contribution >= 0.6 is 0 Å². The van der Waals surface area contributed by atoms with Crippen LogP contribution in [0.25, 0.3) is 0 Å². The number of amides is 1. The summed E-state index contributed by atoms with van der Waals surface area (Å²) in [5.74, 6) is 0.881. The number of carbonyl (C=O) groups excluding carboxylic acids is 1. The zero-order valence-electron chi connectivity index (χ0n) is 21.6. The molecule has 3 N–H and O–H groups in total. The first kappa shape index (κ1) is 24.2. The predicted molar refractivity (Wildman–Crippen MR) is 135 cm³/mol. The van der Waals surface area contributed by atoms with Crippen LogP contribution in [0.3, 0.4) is 0 Å². The molecule has 2 heterocycles. The fourth-order valence-corrected chi connectivity index (χ4v) is 9.02. The molecule has 7 heteroatoms. The van der Waals surface area contributed by atoms with E-state index in [-0.39, 0.29) is 46.5 Å². The van der Waals surface area contributed by atoms with Crippen molar-refractivity contribution in [1.82, 2.24) is 4.90 Å². The molecule has 3 saturated carbocycles. The molecule has 1 amide bonds. The van der Waals surface area contributed by atoms with Gasteiger partial charge in [0, 0.05) is 30.6 Å². The van der Waals surface area contributed by atoms with Crippen LogP contribution < -0.4 is 11.4 Å². The molecular formula is C29H40N2O5. The molecule has 36 heavy (non-hydrogen) atoms. The van der Waals surface area contributed by atoms with E-state index in [1.54, 1.807) is 11.2 Å². The minimum absolute atomic E-state index is 0.0382. The Morgan fingerprint density at radius 1 is 1.11 bits per heavy atom. The van der Waals surface area contributed by atoms with Gasteiger partial charge in [0.05, 0.1) is 11.9 Å². The molecule has 1 aliphatic heterocycles. The minimum Gasteiger partial charge on any atom is -0.442 e. The van der Waals surface area contributed by atoms with Gasteiger partial charge >= 0.3 is 11.7 Å². The van der Waals surface area contributed by atoms with Gasteiger partial charge in [0.25, 0.3) is 0 Å². The minimum atomic E-state index is -0.719. The first-order valence-corrected chi connectivity index (χ1v) is 13.9. The Balaban J connectivity index is 1.21. The van der Waals surface area contributed by atoms with E-state index in [1.165, 1.54) is 11.6 Å². The number of ether oxygens (including phenoxy) is 1. The van der Waals surface area contributed by atoms with Crippen LogP contribution in [0.2, 0.25) is 0 Å². The number of likely N-dealkylation sites (tertiary alicyclic amines) is 1. The van der Waals surface area contributed by atoms with Crippen molar-refractivity contribution in [2.75, 3.05) is 13.1 Å². The van der Waals surface area contributed by atoms with Crippen molar-refractivity contribution < 1.29 is 19.1 Å². The van der Waals surface area contributed by atoms with Crippen molar-refractivity contribution >= 4 is 6.09 Å². The Labute approximate surface area is 213 Å². The lowest BCUT2D eigenvalue weighted by Crippen LogP contribution is -2.60. The Morgan fingerprint density at radius 2 is 1.94 bits per heavy atom. The Bertz CT molecular complexity index is 1110. The van der Waals surface area contributed by atoms with Gasteiger partial charge in [-0.3, -0.25) is 0 Å². The molecule has 4 fully saturated rings. The molecular weight excluding hydrogens is 456 g/mol. The number of fused-ring (bicyclic) bond motifs is 5. The maximum absolute atomic E-state index is 12.7. The summed E-state index contributed by atoms with van der Waals surface area (Å²) in [6, 6.07) is 3.45. The standard InChI is InChI=1S/C29H40N2O5/c1-27-11-7-21(36-26(33)31-14-10-20(30)16-31)15-19(27)4-5-24-23(27)8-12-28(2)22(9-13-29(24,28)34)18-3-6-25(32)35-17-18/h3,6,15,17,20-24,34H,4-5,7-14,16,30H2,1-2H3/t20-,21?,22?,23?,24?,27?,28?,29?/m0/s1. The van der Waals surface area contributed by atoms with Crippen molar-refractivity contribution in [2.45, 2.75) is 95.3 Å². The Kier molecular flexibility index (Phi) is 5.69. The zero-order chi connectivity index (χ0) is 25.3. The third kappa shape index (κ3) is 3.52. The fourth-order valence-electron chi connectivity index (χ4n) is 9.02. The maximum Gasteiger partial charge on any atom is 0.410 e. The third-order valence-electron chi connectivity index (χ3n) is 11.1. The van der Waals surface area contributed by atoms with Gasteiger partial charge in [-0.2, -0.15) is 0 Å². The van der Waals surface area contributed by atoms with Crippen molar-refractivity contribution in [1.29, 1.82) is 0 Å². The molecule has 0 aromatic carbocycles. The SMILES string of the molecule is CC12CCC(OC(=O)N3CC[C@H](N)C3)C=C1CCC1C2CCC2(C)C(c3ccc(=O)oc3)CCC12O. The molecule has 0 spiro atoms. The highest BCUT2D eigenvalue weighted by Gasteiger charge is 2.66. The summed E-state index contributed by atoms with van der Waals surface area (Å²) in [6.45, 7) is 5.91. The first-order chi connectivity index (χ1) is 17.1. The predicted octanol–water partition coefficient (Wildman–Crippen LogP) is 4.34. The summed E-state index contributed by atoms with van der Waals surface area (Å²) in [5, 5.41) is 12.4. The lowest BCUT2D eigenvalue weighted by atomic mass is 9.45. The quantitative estimate of drug-likeness (QED) is 0.590. The first-order valence-electron chi connectivity index (χ1n) is 13.9. The van der Waals surface area contributed by atoms with E-state index in [1.807, 2.05) is 6.07 Å². The summed E-state index contributed by atoms with van der Waals surface area (Å²) in [6.07, 6.45) is 11.8. The van der Waals surface area contributed by atoms with E-state index in [0.717, 1.165) is 63.4 Å². The summed E-state index contributed by atoms with van der Waals surface area (Å²) in [5.41, 5.74) is 7.18. The lowest BCUT2D eigenvalue weighted by Gasteiger charge is -2.61. The van der Waals surface area contributed by atoms with Crippen LogP contribution in [0.15, 0.2) is 39.3 Å². The van der Waals surface area contributed by atoms with Crippen LogP contribution in [0, 0.1) is 22.7 Å². The van der Waals surface area contributed by atoms with Crippen molar-refractivity contribution in [3.63, 3.8) is 0 Å². The number of nitrogens with zero attached hydrogens (tertiary/aromatic N) is 1. The number of allylic oxidation sites excluding steroid dienone is 1. The smallest absolute Gasteiger partial charge is 0.410 e. The Hall–Kier alpha value is -2.12. The summed E-state index contributed by atoms with van der Waals surface area (Å²) < 4.78 is 11.1. The normalized spacial score (nSPS) is 43.8. The van der Waals surface area contributed by atoms with Gasteiger partial charge in [0.2, 0.25) is 0 Å². The van der Waals surface area contributed by atoms with E-state index in [0.29, 0.717) is 19.0 Å². The monoisotopic (exact) mass is 496 g/mol. The van der Waals surface area contributed by atoms with Crippen molar-refractivity contribution in [3.05, 3.63) is 46.0 Å². The molecule has 4 aliphatic carbocycles. The number of nitrogens with two attached hydrogens (primary N) is 1. The van der Waals surface area contributed by atoms with Gasteiger partial charge in [-0.05, 0) is 98.7 Å². The lowest BCUT2D eigenvalue weighted by molar-refractivity contribution is -0.178. The van der Waals surface area contributed by atoms with Crippen LogP contribution in [0.1, 0.15) is 83.1 Å². The zero-order valence-corrected chi connectivity index (χ0v) is 21.6. The summed E-state index contributed by atoms with van der Waals surface area (Å²) in [4.78, 5) is 25.9. The van der Waals surface area contributed by atoms with E-state index < -0.39 is 5.60 Å². The largest absolute Gasteiger partial charge is 0.442 e. The Morgan fingerprint density at radius 3 is 2.67 bits per heavy atom. The maximum atomic E-state index is 12.7. The average molecular weight is 497 g/mol. The van der Waals surface area contributed by atoms with E-state index in [2.05, 4.69) is 19.9 Å². The molecule has 1 aromatic heterocycles. The number of hydrogen-bond donors (Lipinski definition) is 2. The number of carbonyl (C=O) groups is 1. The highest BCUT2D eigenvalue weighted by Crippen LogP contribution is 2.70. The van der Waals surface area contributed by atoms with Crippen LogP contribution in [-0.4, -0.2) is 46.9 Å². The molecule has 0 radical (unpaired) electrons. The number of rotatable bonds is 2. The molecule has 196 valence electrons. The van der Waals surface area contributed by atoms with Gasteiger partial charge in [-0.25, -0.2) is 9.59 Å². The van der Waals surface area contributed by atoms with Gasteiger partial charge in [-0.1, -0.05) is 19.4 Å². The van der Waals surface area contributed by atoms with Crippen LogP contribution in [0.4, 0.5) is 4.79 Å². The van der Waals surface area contributed by atoms with E-state index in [4.69, 9.17) is 14.9 Å². The van der Waals surface area contributed by atoms with Gasteiger partial charge in [0.15, 0.2) is 0 Å². The fraction of sp³-hybridized carbons (Fsp3) is 0.724. The van der Waals surface area contributed by atoms with Gasteiger partial charge < -0.3 is 24.9 Å². The molecule has 7 unspecified atom stereocenters.